The number of rotatable bonds is 3. The summed E-state index contributed by atoms with van der Waals surface area (Å²) in [6, 6.07) is 32.0. The van der Waals surface area contributed by atoms with Crippen LogP contribution >= 0.6 is 0 Å². The number of benzene rings is 5. The van der Waals surface area contributed by atoms with E-state index in [9.17, 15) is 4.79 Å². The van der Waals surface area contributed by atoms with Gasteiger partial charge in [-0.3, -0.25) is 0 Å². The Kier molecular flexibility index (Phi) is 4.00. The molecule has 0 spiro atoms. The molecule has 0 aliphatic rings. The molecule has 6 rings (SSSR count). The summed E-state index contributed by atoms with van der Waals surface area (Å²) in [7, 11) is 0. The molecule has 1 heterocycles. The first kappa shape index (κ1) is 17.7. The van der Waals surface area contributed by atoms with Crippen LogP contribution in [0.2, 0.25) is 0 Å². The van der Waals surface area contributed by atoms with Crippen molar-refractivity contribution < 1.29 is 9.15 Å². The van der Waals surface area contributed by atoms with Crippen molar-refractivity contribution in [3.05, 3.63) is 113 Å². The molecular weight excluding hydrogens is 384 g/mol. The Hall–Kier alpha value is -4.11. The lowest BCUT2D eigenvalue weighted by atomic mass is 9.96. The van der Waals surface area contributed by atoms with E-state index < -0.39 is 0 Å². The maximum atomic E-state index is 13.0. The molecule has 6 aromatic rings. The highest BCUT2D eigenvalue weighted by Crippen LogP contribution is 2.39. The molecule has 1 aromatic heterocycles. The summed E-state index contributed by atoms with van der Waals surface area (Å²) >= 11 is 0. The van der Waals surface area contributed by atoms with Crippen molar-refractivity contribution in [2.75, 3.05) is 0 Å². The van der Waals surface area contributed by atoms with Crippen LogP contribution < -0.4 is 10.4 Å². The average molecular weight is 402 g/mol. The third-order valence-corrected chi connectivity index (χ3v) is 5.80. The van der Waals surface area contributed by atoms with Gasteiger partial charge < -0.3 is 9.15 Å². The topological polar surface area (TPSA) is 39.4 Å². The highest BCUT2D eigenvalue weighted by molar-refractivity contribution is 6.26. The van der Waals surface area contributed by atoms with Crippen LogP contribution in [-0.4, -0.2) is 0 Å². The van der Waals surface area contributed by atoms with Crippen LogP contribution in [0.25, 0.3) is 43.3 Å². The second-order valence-electron chi connectivity index (χ2n) is 7.67. The van der Waals surface area contributed by atoms with Crippen molar-refractivity contribution >= 4 is 43.3 Å². The van der Waals surface area contributed by atoms with E-state index in [1.165, 1.54) is 0 Å². The Morgan fingerprint density at radius 2 is 1.32 bits per heavy atom. The van der Waals surface area contributed by atoms with Crippen LogP contribution in [0.5, 0.6) is 5.75 Å². The zero-order valence-corrected chi connectivity index (χ0v) is 16.7. The highest BCUT2D eigenvalue weighted by atomic mass is 16.5. The van der Waals surface area contributed by atoms with E-state index in [1.807, 2.05) is 72.8 Å². The molecule has 0 aliphatic carbocycles. The van der Waals surface area contributed by atoms with Crippen molar-refractivity contribution in [2.24, 2.45) is 0 Å². The second-order valence-corrected chi connectivity index (χ2v) is 7.67. The minimum absolute atomic E-state index is 0.354. The molecule has 0 unspecified atom stereocenters. The Morgan fingerprint density at radius 1 is 0.645 bits per heavy atom. The Morgan fingerprint density at radius 3 is 2.13 bits per heavy atom. The molecule has 3 nitrogen and oxygen atoms in total. The van der Waals surface area contributed by atoms with Gasteiger partial charge in [0.05, 0.1) is 5.39 Å². The summed E-state index contributed by atoms with van der Waals surface area (Å²) in [5.74, 6) is 0.574. The molecule has 0 atom stereocenters. The van der Waals surface area contributed by atoms with Gasteiger partial charge in [-0.2, -0.15) is 0 Å². The van der Waals surface area contributed by atoms with Crippen molar-refractivity contribution in [1.29, 1.82) is 0 Å². The first-order valence-electron chi connectivity index (χ1n) is 10.3. The molecule has 0 saturated carbocycles. The van der Waals surface area contributed by atoms with Gasteiger partial charge in [-0.15, -0.1) is 0 Å². The summed E-state index contributed by atoms with van der Waals surface area (Å²) in [5, 5.41) is 6.59. The van der Waals surface area contributed by atoms with Crippen LogP contribution in [-0.2, 0) is 6.61 Å². The summed E-state index contributed by atoms with van der Waals surface area (Å²) < 4.78 is 12.1. The van der Waals surface area contributed by atoms with Crippen LogP contribution in [0.3, 0.4) is 0 Å². The van der Waals surface area contributed by atoms with Gasteiger partial charge in [0, 0.05) is 10.8 Å². The van der Waals surface area contributed by atoms with Gasteiger partial charge in [-0.1, -0.05) is 84.9 Å². The molecule has 148 valence electrons. The van der Waals surface area contributed by atoms with Gasteiger partial charge >= 0.3 is 5.63 Å². The first-order chi connectivity index (χ1) is 15.3. The van der Waals surface area contributed by atoms with Gasteiger partial charge in [-0.05, 0) is 39.2 Å². The number of hydrogen-bond acceptors (Lipinski definition) is 3. The van der Waals surface area contributed by atoms with Gasteiger partial charge in [0.25, 0.3) is 0 Å². The van der Waals surface area contributed by atoms with E-state index in [4.69, 9.17) is 9.15 Å². The number of fused-ring (bicyclic) bond motifs is 7. The van der Waals surface area contributed by atoms with Gasteiger partial charge in [0.2, 0.25) is 0 Å². The molecule has 0 bridgehead atoms. The zero-order valence-electron chi connectivity index (χ0n) is 16.7. The summed E-state index contributed by atoms with van der Waals surface area (Å²) in [4.78, 5) is 13.0. The lowest BCUT2D eigenvalue weighted by Crippen LogP contribution is -2.03. The predicted molar refractivity (Wildman–Crippen MR) is 126 cm³/mol. The summed E-state index contributed by atoms with van der Waals surface area (Å²) in [5.41, 5.74) is 1.19. The SMILES string of the molecule is O=c1oc2c(OCc3ccccc3)cc3ccccc3c2c2c1ccc1ccccc12. The molecule has 5 aromatic carbocycles. The summed E-state index contributed by atoms with van der Waals surface area (Å²) in [6.07, 6.45) is 0. The van der Waals surface area contributed by atoms with E-state index in [-0.39, 0.29) is 5.63 Å². The zero-order chi connectivity index (χ0) is 20.8. The number of ether oxygens (including phenoxy) is 1. The lowest BCUT2D eigenvalue weighted by molar-refractivity contribution is 0.305. The molecule has 0 fully saturated rings. The molecule has 3 heteroatoms. The van der Waals surface area contributed by atoms with Crippen molar-refractivity contribution in [3.63, 3.8) is 0 Å². The summed E-state index contributed by atoms with van der Waals surface area (Å²) in [6.45, 7) is 0.394. The van der Waals surface area contributed by atoms with Crippen LogP contribution in [0.4, 0.5) is 0 Å². The lowest BCUT2D eigenvalue weighted by Gasteiger charge is -2.14. The molecule has 31 heavy (non-hydrogen) atoms. The van der Waals surface area contributed by atoms with E-state index in [2.05, 4.69) is 24.3 Å². The third-order valence-electron chi connectivity index (χ3n) is 5.80. The fourth-order valence-electron chi connectivity index (χ4n) is 4.35. The monoisotopic (exact) mass is 402 g/mol. The van der Waals surface area contributed by atoms with Crippen LogP contribution in [0.1, 0.15) is 5.56 Å². The van der Waals surface area contributed by atoms with Crippen molar-refractivity contribution in [2.45, 2.75) is 6.61 Å². The van der Waals surface area contributed by atoms with E-state index in [0.29, 0.717) is 23.3 Å². The van der Waals surface area contributed by atoms with E-state index in [1.54, 1.807) is 0 Å². The molecule has 0 amide bonds. The predicted octanol–water partition coefficient (Wildman–Crippen LogP) is 6.83. The standard InChI is InChI=1S/C28H18O3/c29-28-23-15-14-19-10-4-6-12-21(19)25(23)26-22-13-7-5-11-20(22)16-24(27(26)31-28)30-17-18-8-2-1-3-9-18/h1-16H,17H2. The number of hydrogen-bond donors (Lipinski definition) is 0. The Balaban J connectivity index is 1.74. The maximum absolute atomic E-state index is 13.0. The third kappa shape index (κ3) is 2.86. The second kappa shape index (κ2) is 6.99. The van der Waals surface area contributed by atoms with Crippen LogP contribution in [0.15, 0.2) is 106 Å². The largest absolute Gasteiger partial charge is 0.485 e. The first-order valence-corrected chi connectivity index (χ1v) is 10.3. The minimum atomic E-state index is -0.354. The Labute approximate surface area is 178 Å². The smallest absolute Gasteiger partial charge is 0.344 e. The Bertz CT molecular complexity index is 1650. The normalized spacial score (nSPS) is 11.5. The molecule has 0 aliphatic heterocycles. The molecule has 0 N–H and O–H groups in total. The maximum Gasteiger partial charge on any atom is 0.344 e. The quantitative estimate of drug-likeness (QED) is 0.240. The highest BCUT2D eigenvalue weighted by Gasteiger charge is 2.17. The fraction of sp³-hybridized carbons (Fsp3) is 0.0357. The van der Waals surface area contributed by atoms with Crippen molar-refractivity contribution in [3.8, 4) is 5.75 Å². The molecular formula is C28H18O3. The minimum Gasteiger partial charge on any atom is -0.485 e. The van der Waals surface area contributed by atoms with Crippen molar-refractivity contribution in [1.82, 2.24) is 0 Å². The average Bonchev–Trinajstić information content (AvgIpc) is 2.83. The molecule has 0 radical (unpaired) electrons. The van der Waals surface area contributed by atoms with Gasteiger partial charge in [0.15, 0.2) is 11.3 Å². The van der Waals surface area contributed by atoms with Crippen LogP contribution in [0, 0.1) is 0 Å². The molecule has 0 saturated heterocycles. The van der Waals surface area contributed by atoms with E-state index in [0.717, 1.165) is 37.9 Å². The fourth-order valence-corrected chi connectivity index (χ4v) is 4.35. The van der Waals surface area contributed by atoms with Gasteiger partial charge in [0.1, 0.15) is 6.61 Å². The van der Waals surface area contributed by atoms with E-state index >= 15 is 0 Å². The van der Waals surface area contributed by atoms with Gasteiger partial charge in [-0.25, -0.2) is 4.79 Å².